The van der Waals surface area contributed by atoms with Crippen molar-refractivity contribution in [1.82, 2.24) is 34.9 Å². The highest BCUT2D eigenvalue weighted by molar-refractivity contribution is 5.94. The van der Waals surface area contributed by atoms with Crippen LogP contribution in [0.15, 0.2) is 6.33 Å². The van der Waals surface area contributed by atoms with Crippen LogP contribution < -0.4 is 5.32 Å². The van der Waals surface area contributed by atoms with Crippen molar-refractivity contribution < 1.29 is 9.59 Å². The second kappa shape index (κ2) is 8.26. The average molecular weight is 438 g/mol. The Morgan fingerprint density at radius 1 is 1.06 bits per heavy atom. The Hall–Kier alpha value is -2.84. The molecule has 1 saturated carbocycles. The van der Waals surface area contributed by atoms with Crippen molar-refractivity contribution in [3.63, 3.8) is 0 Å². The first kappa shape index (κ1) is 21.0. The molecule has 2 fully saturated rings. The summed E-state index contributed by atoms with van der Waals surface area (Å²) in [6, 6.07) is 0.260. The van der Waals surface area contributed by atoms with Gasteiger partial charge in [0, 0.05) is 43.4 Å². The van der Waals surface area contributed by atoms with Gasteiger partial charge in [-0.25, -0.2) is 9.97 Å². The van der Waals surface area contributed by atoms with E-state index in [9.17, 15) is 9.59 Å². The highest BCUT2D eigenvalue weighted by Crippen LogP contribution is 2.41. The Bertz CT molecular complexity index is 1040. The fraction of sp³-hybridized carbons (Fsp3) is 0.652. The first-order valence-corrected chi connectivity index (χ1v) is 11.8. The van der Waals surface area contributed by atoms with E-state index in [1.165, 1.54) is 19.2 Å². The first-order chi connectivity index (χ1) is 15.5. The van der Waals surface area contributed by atoms with E-state index in [2.05, 4.69) is 25.5 Å². The van der Waals surface area contributed by atoms with Gasteiger partial charge in [-0.1, -0.05) is 12.8 Å². The van der Waals surface area contributed by atoms with Crippen LogP contribution in [0.5, 0.6) is 0 Å². The summed E-state index contributed by atoms with van der Waals surface area (Å²) < 4.78 is 2.00. The summed E-state index contributed by atoms with van der Waals surface area (Å²) in [6.45, 7) is 5.97. The maximum atomic E-state index is 13.2. The number of nitrogens with zero attached hydrogens (tertiary/aromatic N) is 6. The zero-order valence-electron chi connectivity index (χ0n) is 18.9. The number of amides is 2. The fourth-order valence-corrected chi connectivity index (χ4v) is 5.51. The lowest BCUT2D eigenvalue weighted by Gasteiger charge is -2.27. The molecule has 2 aromatic heterocycles. The van der Waals surface area contributed by atoms with Crippen LogP contribution in [0.25, 0.3) is 0 Å². The van der Waals surface area contributed by atoms with E-state index in [0.29, 0.717) is 18.1 Å². The van der Waals surface area contributed by atoms with Crippen LogP contribution in [0.2, 0.25) is 0 Å². The number of fused-ring (bicyclic) bond motifs is 1. The summed E-state index contributed by atoms with van der Waals surface area (Å²) >= 11 is 0. The molecule has 1 spiro atoms. The molecule has 0 radical (unpaired) electrons. The quantitative estimate of drug-likeness (QED) is 0.789. The number of aryl methyl sites for hydroxylation is 2. The van der Waals surface area contributed by atoms with Crippen LogP contribution in [0.1, 0.15) is 83.1 Å². The van der Waals surface area contributed by atoms with E-state index in [1.54, 1.807) is 0 Å². The van der Waals surface area contributed by atoms with Gasteiger partial charge in [-0.3, -0.25) is 9.59 Å². The lowest BCUT2D eigenvalue weighted by molar-refractivity contribution is 0.0760. The van der Waals surface area contributed by atoms with Crippen molar-refractivity contribution in [3.8, 4) is 0 Å². The van der Waals surface area contributed by atoms with Gasteiger partial charge in [0.1, 0.15) is 17.8 Å². The molecule has 1 saturated heterocycles. The molecule has 1 unspecified atom stereocenters. The molecular weight excluding hydrogens is 406 g/mol. The van der Waals surface area contributed by atoms with Gasteiger partial charge >= 0.3 is 0 Å². The summed E-state index contributed by atoms with van der Waals surface area (Å²) in [5.41, 5.74) is 2.24. The topological polar surface area (TPSA) is 106 Å². The number of hydrogen-bond acceptors (Lipinski definition) is 6. The standard InChI is InChI=1S/C23H31N7O2/c1-15-16(2)24-14-25-19(15)22(32)29-11-9-23(13-29)8-7-18-27-28-20(30(18)12-10-23)21(31)26-17-5-3-4-6-17/h14,17H,3-13H2,1-2H3,(H,26,31). The smallest absolute Gasteiger partial charge is 0.289 e. The SMILES string of the molecule is Cc1ncnc(C(=O)N2CCC3(CCc4nnc(C(=O)NC5CCCC5)n4CC3)C2)c1C. The minimum Gasteiger partial charge on any atom is -0.347 e. The van der Waals surface area contributed by atoms with Crippen LogP contribution in [0.4, 0.5) is 0 Å². The van der Waals surface area contributed by atoms with Gasteiger partial charge in [-0.2, -0.15) is 0 Å². The maximum absolute atomic E-state index is 13.2. The van der Waals surface area contributed by atoms with E-state index in [4.69, 9.17) is 0 Å². The highest BCUT2D eigenvalue weighted by Gasteiger charge is 2.42. The molecule has 2 aliphatic heterocycles. The molecule has 1 atom stereocenters. The second-order valence-corrected chi connectivity index (χ2v) is 9.71. The van der Waals surface area contributed by atoms with E-state index in [-0.39, 0.29) is 23.3 Å². The largest absolute Gasteiger partial charge is 0.347 e. The molecule has 0 bridgehead atoms. The highest BCUT2D eigenvalue weighted by atomic mass is 16.2. The molecule has 1 aliphatic carbocycles. The number of likely N-dealkylation sites (tertiary alicyclic amines) is 1. The van der Waals surface area contributed by atoms with Gasteiger partial charge in [-0.15, -0.1) is 10.2 Å². The van der Waals surface area contributed by atoms with Gasteiger partial charge in [-0.05, 0) is 51.4 Å². The minimum absolute atomic E-state index is 0.00912. The lowest BCUT2D eigenvalue weighted by atomic mass is 9.80. The summed E-state index contributed by atoms with van der Waals surface area (Å²) in [6.07, 6.45) is 9.51. The van der Waals surface area contributed by atoms with E-state index < -0.39 is 0 Å². The van der Waals surface area contributed by atoms with Crippen molar-refractivity contribution in [2.75, 3.05) is 13.1 Å². The van der Waals surface area contributed by atoms with Crippen molar-refractivity contribution in [2.45, 2.75) is 77.8 Å². The van der Waals surface area contributed by atoms with Gasteiger partial charge in [0.15, 0.2) is 0 Å². The zero-order valence-corrected chi connectivity index (χ0v) is 18.9. The predicted molar refractivity (Wildman–Crippen MR) is 117 cm³/mol. The van der Waals surface area contributed by atoms with Crippen LogP contribution in [0, 0.1) is 19.3 Å². The first-order valence-electron chi connectivity index (χ1n) is 11.8. The number of nitrogens with one attached hydrogen (secondary N) is 1. The van der Waals surface area contributed by atoms with Gasteiger partial charge < -0.3 is 14.8 Å². The van der Waals surface area contributed by atoms with Gasteiger partial charge in [0.25, 0.3) is 11.8 Å². The van der Waals surface area contributed by atoms with Crippen LogP contribution in [-0.4, -0.2) is 60.6 Å². The molecular formula is C23H31N7O2. The molecule has 9 nitrogen and oxygen atoms in total. The number of carbonyl (C=O) groups is 2. The van der Waals surface area contributed by atoms with Crippen LogP contribution >= 0.6 is 0 Å². The molecule has 5 rings (SSSR count). The third kappa shape index (κ3) is 3.78. The monoisotopic (exact) mass is 437 g/mol. The maximum Gasteiger partial charge on any atom is 0.289 e. The van der Waals surface area contributed by atoms with Crippen molar-refractivity contribution in [1.29, 1.82) is 0 Å². The van der Waals surface area contributed by atoms with Crippen molar-refractivity contribution in [2.24, 2.45) is 5.41 Å². The van der Waals surface area contributed by atoms with E-state index in [0.717, 1.165) is 68.7 Å². The summed E-state index contributed by atoms with van der Waals surface area (Å²) in [5.74, 6) is 1.20. The number of aromatic nitrogens is 5. The normalized spacial score (nSPS) is 23.4. The summed E-state index contributed by atoms with van der Waals surface area (Å²) in [5, 5.41) is 11.7. The molecule has 2 aromatic rings. The summed E-state index contributed by atoms with van der Waals surface area (Å²) in [7, 11) is 0. The summed E-state index contributed by atoms with van der Waals surface area (Å²) in [4.78, 5) is 36.4. The average Bonchev–Trinajstić information content (AvgIpc) is 3.50. The van der Waals surface area contributed by atoms with E-state index in [1.807, 2.05) is 23.3 Å². The molecule has 4 heterocycles. The van der Waals surface area contributed by atoms with Crippen molar-refractivity contribution >= 4 is 11.8 Å². The number of hydrogen-bond donors (Lipinski definition) is 1. The molecule has 2 amide bonds. The second-order valence-electron chi connectivity index (χ2n) is 9.71. The Balaban J connectivity index is 1.28. The zero-order chi connectivity index (χ0) is 22.3. The minimum atomic E-state index is -0.107. The molecule has 170 valence electrons. The Morgan fingerprint density at radius 3 is 2.66 bits per heavy atom. The number of rotatable bonds is 3. The van der Waals surface area contributed by atoms with Crippen LogP contribution in [0.3, 0.4) is 0 Å². The number of carbonyl (C=O) groups excluding carboxylic acids is 2. The van der Waals surface area contributed by atoms with Crippen LogP contribution in [-0.2, 0) is 13.0 Å². The Labute approximate surface area is 188 Å². The lowest BCUT2D eigenvalue weighted by Crippen LogP contribution is -2.35. The third-order valence-electron chi connectivity index (χ3n) is 7.73. The molecule has 3 aliphatic rings. The van der Waals surface area contributed by atoms with Gasteiger partial charge in [0.2, 0.25) is 5.82 Å². The molecule has 9 heteroatoms. The predicted octanol–water partition coefficient (Wildman–Crippen LogP) is 2.23. The Morgan fingerprint density at radius 2 is 1.84 bits per heavy atom. The molecule has 1 N–H and O–H groups in total. The van der Waals surface area contributed by atoms with Gasteiger partial charge in [0.05, 0.1) is 0 Å². The van der Waals surface area contributed by atoms with Crippen molar-refractivity contribution in [3.05, 3.63) is 34.9 Å². The van der Waals surface area contributed by atoms with E-state index >= 15 is 0 Å². The Kier molecular flexibility index (Phi) is 5.43. The molecule has 0 aromatic carbocycles. The fourth-order valence-electron chi connectivity index (χ4n) is 5.51. The molecule has 32 heavy (non-hydrogen) atoms. The third-order valence-corrected chi connectivity index (χ3v) is 7.73.